The second-order valence-corrected chi connectivity index (χ2v) is 5.42. The molecule has 100 valence electrons. The van der Waals surface area contributed by atoms with E-state index in [9.17, 15) is 18.9 Å². The molecule has 0 amide bonds. The predicted octanol–water partition coefficient (Wildman–Crippen LogP) is 4.83. The van der Waals surface area contributed by atoms with Crippen molar-refractivity contribution in [1.82, 2.24) is 0 Å². The zero-order valence-corrected chi connectivity index (χ0v) is 12.2. The first kappa shape index (κ1) is 14.1. The van der Waals surface area contributed by atoms with Gasteiger partial charge in [0.25, 0.3) is 0 Å². The zero-order chi connectivity index (χ0) is 14.2. The molecule has 0 spiro atoms. The zero-order valence-electron chi connectivity index (χ0n) is 9.07. The number of ether oxygens (including phenoxy) is 1. The Labute approximate surface area is 122 Å². The first-order valence-corrected chi connectivity index (χ1v) is 6.49. The molecule has 2 aromatic rings. The van der Waals surface area contributed by atoms with Crippen molar-refractivity contribution in [3.63, 3.8) is 0 Å². The van der Waals surface area contributed by atoms with Gasteiger partial charge in [0.1, 0.15) is 0 Å². The minimum atomic E-state index is -3.67. The van der Waals surface area contributed by atoms with Gasteiger partial charge in [-0.3, -0.25) is 10.1 Å². The van der Waals surface area contributed by atoms with Crippen LogP contribution in [0.5, 0.6) is 5.75 Å². The van der Waals surface area contributed by atoms with Crippen LogP contribution in [0, 0.1) is 10.1 Å². The molecule has 0 heterocycles. The van der Waals surface area contributed by atoms with Crippen molar-refractivity contribution >= 4 is 48.3 Å². The summed E-state index contributed by atoms with van der Waals surface area (Å²) in [6.45, 7) is 0. The van der Waals surface area contributed by atoms with Crippen molar-refractivity contribution in [2.24, 2.45) is 0 Å². The summed E-state index contributed by atoms with van der Waals surface area (Å²) in [5, 5.41) is 8.19. The third-order valence-corrected chi connectivity index (χ3v) is 2.98. The number of alkyl halides is 3. The summed E-state index contributed by atoms with van der Waals surface area (Å²) < 4.78 is 30.5. The van der Waals surface area contributed by atoms with Gasteiger partial charge in [0.15, 0.2) is 0 Å². The standard InChI is InChI=1S/C11H5Br2F2NO3/c12-7-3-1-6-2-4-9(19-11(13,14)15)10(16(17)18)8(6)5-7/h1-5H. The van der Waals surface area contributed by atoms with Crippen molar-refractivity contribution in [3.8, 4) is 5.75 Å². The highest BCUT2D eigenvalue weighted by Gasteiger charge is 2.31. The lowest BCUT2D eigenvalue weighted by Crippen LogP contribution is -2.15. The van der Waals surface area contributed by atoms with E-state index >= 15 is 0 Å². The summed E-state index contributed by atoms with van der Waals surface area (Å²) in [6, 6.07) is 7.44. The predicted molar refractivity (Wildman–Crippen MR) is 72.8 cm³/mol. The molecule has 0 saturated heterocycles. The Morgan fingerprint density at radius 2 is 1.89 bits per heavy atom. The monoisotopic (exact) mass is 395 g/mol. The fourth-order valence-electron chi connectivity index (χ4n) is 1.65. The normalized spacial score (nSPS) is 11.6. The summed E-state index contributed by atoms with van der Waals surface area (Å²) in [5.74, 6) is -0.502. The Morgan fingerprint density at radius 3 is 2.47 bits per heavy atom. The van der Waals surface area contributed by atoms with E-state index in [4.69, 9.17) is 0 Å². The molecule has 0 fully saturated rings. The summed E-state index contributed by atoms with van der Waals surface area (Å²) in [6.07, 6.45) is 0. The van der Waals surface area contributed by atoms with Crippen LogP contribution in [0.4, 0.5) is 14.5 Å². The van der Waals surface area contributed by atoms with Gasteiger partial charge in [0, 0.05) is 20.4 Å². The van der Waals surface area contributed by atoms with Gasteiger partial charge in [-0.1, -0.05) is 28.1 Å². The minimum Gasteiger partial charge on any atom is -0.417 e. The molecule has 0 bridgehead atoms. The number of hydrogen-bond donors (Lipinski definition) is 0. The number of fused-ring (bicyclic) bond motifs is 1. The fourth-order valence-corrected chi connectivity index (χ4v) is 2.19. The molecule has 2 rings (SSSR count). The molecule has 0 saturated carbocycles. The Balaban J connectivity index is 2.71. The van der Waals surface area contributed by atoms with Gasteiger partial charge in [0.2, 0.25) is 5.75 Å². The van der Waals surface area contributed by atoms with Gasteiger partial charge >= 0.3 is 10.7 Å². The van der Waals surface area contributed by atoms with Crippen LogP contribution in [0.15, 0.2) is 34.8 Å². The van der Waals surface area contributed by atoms with E-state index in [1.54, 1.807) is 12.1 Å². The molecule has 4 nitrogen and oxygen atoms in total. The smallest absolute Gasteiger partial charge is 0.417 e. The summed E-state index contributed by atoms with van der Waals surface area (Å²) in [5.41, 5.74) is -0.502. The van der Waals surface area contributed by atoms with E-state index in [1.165, 1.54) is 12.1 Å². The molecule has 0 unspecified atom stereocenters. The number of nitro groups is 1. The molecule has 0 aliphatic rings. The van der Waals surface area contributed by atoms with Crippen LogP contribution in [-0.4, -0.2) is 9.94 Å². The van der Waals surface area contributed by atoms with Crippen LogP contribution in [-0.2, 0) is 0 Å². The lowest BCUT2D eigenvalue weighted by atomic mass is 10.1. The van der Waals surface area contributed by atoms with Crippen molar-refractivity contribution in [2.75, 3.05) is 0 Å². The molecular formula is C11H5Br2F2NO3. The van der Waals surface area contributed by atoms with E-state index < -0.39 is 21.4 Å². The number of hydrogen-bond acceptors (Lipinski definition) is 3. The first-order chi connectivity index (χ1) is 8.78. The maximum absolute atomic E-state index is 12.8. The highest BCUT2D eigenvalue weighted by Crippen LogP contribution is 2.39. The molecular weight excluding hydrogens is 392 g/mol. The lowest BCUT2D eigenvalue weighted by Gasteiger charge is -2.12. The molecule has 2 aromatic carbocycles. The van der Waals surface area contributed by atoms with Crippen LogP contribution >= 0.6 is 31.9 Å². The van der Waals surface area contributed by atoms with Crippen molar-refractivity contribution in [3.05, 3.63) is 44.9 Å². The van der Waals surface area contributed by atoms with Crippen LogP contribution in [0.25, 0.3) is 10.8 Å². The average molecular weight is 397 g/mol. The van der Waals surface area contributed by atoms with Crippen LogP contribution in [0.2, 0.25) is 0 Å². The van der Waals surface area contributed by atoms with Gasteiger partial charge in [-0.15, -0.1) is 0 Å². The molecule has 8 heteroatoms. The Morgan fingerprint density at radius 1 is 1.26 bits per heavy atom. The molecule has 0 aromatic heterocycles. The Kier molecular flexibility index (Phi) is 3.73. The summed E-state index contributed by atoms with van der Waals surface area (Å²) in [7, 11) is 0. The average Bonchev–Trinajstić information content (AvgIpc) is 2.25. The maximum Gasteiger partial charge on any atom is 0.459 e. The van der Waals surface area contributed by atoms with Crippen LogP contribution < -0.4 is 4.74 Å². The second kappa shape index (κ2) is 5.01. The van der Waals surface area contributed by atoms with Gasteiger partial charge in [-0.25, -0.2) is 0 Å². The number of halogens is 4. The topological polar surface area (TPSA) is 52.4 Å². The first-order valence-electron chi connectivity index (χ1n) is 4.90. The van der Waals surface area contributed by atoms with Crippen molar-refractivity contribution in [2.45, 2.75) is 5.02 Å². The van der Waals surface area contributed by atoms with Crippen LogP contribution in [0.3, 0.4) is 0 Å². The van der Waals surface area contributed by atoms with Gasteiger partial charge < -0.3 is 4.74 Å². The summed E-state index contributed by atoms with van der Waals surface area (Å²) in [4.78, 5) is 10.3. The number of nitro benzene ring substituents is 1. The number of benzene rings is 2. The van der Waals surface area contributed by atoms with E-state index in [0.717, 1.165) is 6.07 Å². The Hall–Kier alpha value is -1.28. The van der Waals surface area contributed by atoms with Crippen LogP contribution in [0.1, 0.15) is 0 Å². The third-order valence-electron chi connectivity index (χ3n) is 2.33. The molecule has 19 heavy (non-hydrogen) atoms. The third kappa shape index (κ3) is 3.19. The second-order valence-electron chi connectivity index (χ2n) is 3.58. The van der Waals surface area contributed by atoms with Crippen molar-refractivity contribution in [1.29, 1.82) is 0 Å². The highest BCUT2D eigenvalue weighted by atomic mass is 79.9. The number of nitrogens with zero attached hydrogens (tertiary/aromatic N) is 1. The fraction of sp³-hybridized carbons (Fsp3) is 0.0909. The van der Waals surface area contributed by atoms with Gasteiger partial charge in [-0.05, 0) is 23.6 Å². The molecule has 0 atom stereocenters. The van der Waals surface area contributed by atoms with E-state index in [1.807, 2.05) is 15.9 Å². The SMILES string of the molecule is O=[N+]([O-])c1c(OC(F)(F)Br)ccc2ccc(Br)cc12. The molecule has 0 aliphatic carbocycles. The molecule has 0 N–H and O–H groups in total. The largest absolute Gasteiger partial charge is 0.459 e. The summed E-state index contributed by atoms with van der Waals surface area (Å²) >= 11 is 5.17. The Bertz CT molecular complexity index is 658. The van der Waals surface area contributed by atoms with E-state index in [2.05, 4.69) is 20.7 Å². The number of rotatable bonds is 3. The molecule has 0 radical (unpaired) electrons. The van der Waals surface area contributed by atoms with E-state index in [-0.39, 0.29) is 5.39 Å². The van der Waals surface area contributed by atoms with Gasteiger partial charge in [-0.2, -0.15) is 8.78 Å². The van der Waals surface area contributed by atoms with E-state index in [0.29, 0.717) is 9.86 Å². The quantitative estimate of drug-likeness (QED) is 0.424. The maximum atomic E-state index is 12.8. The minimum absolute atomic E-state index is 0.216. The molecule has 0 aliphatic heterocycles. The van der Waals surface area contributed by atoms with Crippen molar-refractivity contribution < 1.29 is 18.4 Å². The van der Waals surface area contributed by atoms with Gasteiger partial charge in [0.05, 0.1) is 10.3 Å². The highest BCUT2D eigenvalue weighted by molar-refractivity contribution is 9.10. The lowest BCUT2D eigenvalue weighted by molar-refractivity contribution is -0.384.